The molecule has 1 saturated heterocycles. The van der Waals surface area contributed by atoms with Crippen molar-refractivity contribution < 1.29 is 13.9 Å². The fourth-order valence-corrected chi connectivity index (χ4v) is 2.94. The molecular weight excluding hydrogens is 221 g/mol. The van der Waals surface area contributed by atoms with Gasteiger partial charge in [-0.2, -0.15) is 0 Å². The van der Waals surface area contributed by atoms with Gasteiger partial charge in [-0.15, -0.1) is 0 Å². The minimum atomic E-state index is -0.607. The molecule has 0 bridgehead atoms. The Morgan fingerprint density at radius 1 is 1.59 bits per heavy atom. The Balaban J connectivity index is 2.04. The van der Waals surface area contributed by atoms with Crippen LogP contribution in [0.5, 0.6) is 0 Å². The second-order valence-electron chi connectivity index (χ2n) is 4.85. The third kappa shape index (κ3) is 1.40. The molecule has 4 heteroatoms. The standard InChI is InChI=1S/C13H14FNO2/c1-17-12(16)9-3-2-4-10(11(9)14)13-5-8(13)6-15-7-13/h2-4,8,15H,5-7H2,1H3. The van der Waals surface area contributed by atoms with Gasteiger partial charge >= 0.3 is 5.97 Å². The van der Waals surface area contributed by atoms with Crippen molar-refractivity contribution in [2.24, 2.45) is 5.92 Å². The van der Waals surface area contributed by atoms with Gasteiger partial charge < -0.3 is 10.1 Å². The highest BCUT2D eigenvalue weighted by Crippen LogP contribution is 2.57. The molecule has 1 heterocycles. The van der Waals surface area contributed by atoms with Crippen LogP contribution in [0.25, 0.3) is 0 Å². The van der Waals surface area contributed by atoms with E-state index in [0.29, 0.717) is 11.5 Å². The largest absolute Gasteiger partial charge is 0.465 e. The van der Waals surface area contributed by atoms with Crippen molar-refractivity contribution in [3.05, 3.63) is 35.1 Å². The average Bonchev–Trinajstić information content (AvgIpc) is 2.91. The van der Waals surface area contributed by atoms with Crippen LogP contribution in [0.1, 0.15) is 22.3 Å². The molecular formula is C13H14FNO2. The number of halogens is 1. The van der Waals surface area contributed by atoms with Gasteiger partial charge in [0, 0.05) is 12.0 Å². The number of nitrogens with one attached hydrogen (secondary N) is 1. The van der Waals surface area contributed by atoms with Crippen LogP contribution in [0.2, 0.25) is 0 Å². The number of ether oxygens (including phenoxy) is 1. The van der Waals surface area contributed by atoms with Crippen LogP contribution in [0.3, 0.4) is 0 Å². The van der Waals surface area contributed by atoms with Gasteiger partial charge in [0.05, 0.1) is 12.7 Å². The maximum atomic E-state index is 14.3. The first-order valence-corrected chi connectivity index (χ1v) is 5.77. The quantitative estimate of drug-likeness (QED) is 0.789. The summed E-state index contributed by atoms with van der Waals surface area (Å²) in [6.45, 7) is 1.75. The first kappa shape index (κ1) is 10.7. The highest BCUT2D eigenvalue weighted by Gasteiger charge is 2.59. The van der Waals surface area contributed by atoms with Crippen LogP contribution in [0.15, 0.2) is 18.2 Å². The van der Waals surface area contributed by atoms with Gasteiger partial charge in [0.25, 0.3) is 0 Å². The Morgan fingerprint density at radius 3 is 3.00 bits per heavy atom. The highest BCUT2D eigenvalue weighted by atomic mass is 19.1. The van der Waals surface area contributed by atoms with Crippen molar-refractivity contribution in [1.29, 1.82) is 0 Å². The Hall–Kier alpha value is -1.42. The summed E-state index contributed by atoms with van der Waals surface area (Å²) in [7, 11) is 1.27. The Kier molecular flexibility index (Phi) is 2.23. The van der Waals surface area contributed by atoms with E-state index in [4.69, 9.17) is 0 Å². The number of hydrogen-bond acceptors (Lipinski definition) is 3. The normalized spacial score (nSPS) is 29.9. The van der Waals surface area contributed by atoms with Gasteiger partial charge in [0.2, 0.25) is 0 Å². The predicted molar refractivity (Wildman–Crippen MR) is 60.4 cm³/mol. The van der Waals surface area contributed by atoms with Gasteiger partial charge in [0.1, 0.15) is 5.82 Å². The maximum Gasteiger partial charge on any atom is 0.340 e. The Labute approximate surface area is 99.0 Å². The molecule has 1 aromatic carbocycles. The molecule has 1 N–H and O–H groups in total. The number of hydrogen-bond donors (Lipinski definition) is 1. The zero-order chi connectivity index (χ0) is 12.0. The fraction of sp³-hybridized carbons (Fsp3) is 0.462. The minimum absolute atomic E-state index is 0.0388. The number of piperidine rings is 1. The second kappa shape index (κ2) is 3.53. The van der Waals surface area contributed by atoms with E-state index in [1.54, 1.807) is 12.1 Å². The van der Waals surface area contributed by atoms with Crippen LogP contribution in [-0.4, -0.2) is 26.2 Å². The Morgan fingerprint density at radius 2 is 2.41 bits per heavy atom. The summed E-state index contributed by atoms with van der Waals surface area (Å²) in [5, 5.41) is 3.27. The molecule has 2 fully saturated rings. The number of methoxy groups -OCH3 is 1. The van der Waals surface area contributed by atoms with E-state index in [-0.39, 0.29) is 11.0 Å². The van der Waals surface area contributed by atoms with Gasteiger partial charge in [-0.25, -0.2) is 9.18 Å². The lowest BCUT2D eigenvalue weighted by Crippen LogP contribution is -2.21. The lowest BCUT2D eigenvalue weighted by molar-refractivity contribution is 0.0595. The fourth-order valence-electron chi connectivity index (χ4n) is 2.94. The number of fused-ring (bicyclic) bond motifs is 1. The van der Waals surface area contributed by atoms with E-state index in [0.717, 1.165) is 19.5 Å². The molecule has 17 heavy (non-hydrogen) atoms. The van der Waals surface area contributed by atoms with E-state index in [2.05, 4.69) is 10.1 Å². The number of carbonyl (C=O) groups is 1. The van der Waals surface area contributed by atoms with Crippen molar-refractivity contribution in [3.63, 3.8) is 0 Å². The lowest BCUT2D eigenvalue weighted by Gasteiger charge is -2.14. The van der Waals surface area contributed by atoms with Gasteiger partial charge in [0.15, 0.2) is 0 Å². The highest BCUT2D eigenvalue weighted by molar-refractivity contribution is 5.90. The van der Waals surface area contributed by atoms with Crippen molar-refractivity contribution in [2.75, 3.05) is 20.2 Å². The summed E-state index contributed by atoms with van der Waals surface area (Å²) in [6, 6.07) is 4.99. The van der Waals surface area contributed by atoms with Crippen LogP contribution >= 0.6 is 0 Å². The molecule has 90 valence electrons. The van der Waals surface area contributed by atoms with E-state index in [1.165, 1.54) is 13.2 Å². The summed E-state index contributed by atoms with van der Waals surface area (Å²) in [5.74, 6) is -0.501. The first-order chi connectivity index (χ1) is 8.19. The minimum Gasteiger partial charge on any atom is -0.465 e. The number of carbonyl (C=O) groups excluding carboxylic acids is 1. The molecule has 2 aliphatic rings. The van der Waals surface area contributed by atoms with E-state index in [1.807, 2.05) is 0 Å². The molecule has 3 rings (SSSR count). The van der Waals surface area contributed by atoms with E-state index < -0.39 is 11.8 Å². The summed E-state index contributed by atoms with van der Waals surface area (Å²) >= 11 is 0. The summed E-state index contributed by atoms with van der Waals surface area (Å²) in [5.41, 5.74) is 0.626. The monoisotopic (exact) mass is 235 g/mol. The molecule has 1 aromatic rings. The zero-order valence-corrected chi connectivity index (χ0v) is 9.63. The van der Waals surface area contributed by atoms with E-state index >= 15 is 0 Å². The van der Waals surface area contributed by atoms with Crippen LogP contribution in [0, 0.1) is 11.7 Å². The number of rotatable bonds is 2. The molecule has 2 unspecified atom stereocenters. The average molecular weight is 235 g/mol. The number of esters is 1. The summed E-state index contributed by atoms with van der Waals surface area (Å²) in [6.07, 6.45) is 1.02. The van der Waals surface area contributed by atoms with Gasteiger partial charge in [-0.1, -0.05) is 12.1 Å². The van der Waals surface area contributed by atoms with Crippen molar-refractivity contribution in [3.8, 4) is 0 Å². The van der Waals surface area contributed by atoms with Crippen molar-refractivity contribution >= 4 is 5.97 Å². The molecule has 0 radical (unpaired) electrons. The molecule has 0 spiro atoms. The Bertz CT molecular complexity index is 488. The smallest absolute Gasteiger partial charge is 0.340 e. The van der Waals surface area contributed by atoms with Crippen molar-refractivity contribution in [2.45, 2.75) is 11.8 Å². The van der Waals surface area contributed by atoms with E-state index in [9.17, 15) is 9.18 Å². The summed E-state index contributed by atoms with van der Waals surface area (Å²) < 4.78 is 18.9. The molecule has 0 amide bonds. The molecule has 2 atom stereocenters. The maximum absolute atomic E-state index is 14.3. The van der Waals surface area contributed by atoms with Crippen LogP contribution < -0.4 is 5.32 Å². The zero-order valence-electron chi connectivity index (χ0n) is 9.63. The SMILES string of the molecule is COC(=O)c1cccc(C23CNCC2C3)c1F. The first-order valence-electron chi connectivity index (χ1n) is 5.77. The third-order valence-corrected chi connectivity index (χ3v) is 4.00. The molecule has 1 aliphatic carbocycles. The van der Waals surface area contributed by atoms with Crippen LogP contribution in [0.4, 0.5) is 4.39 Å². The molecule has 3 nitrogen and oxygen atoms in total. The summed E-state index contributed by atoms with van der Waals surface area (Å²) in [4.78, 5) is 11.4. The molecule has 1 saturated carbocycles. The van der Waals surface area contributed by atoms with Crippen LogP contribution in [-0.2, 0) is 10.2 Å². The topological polar surface area (TPSA) is 38.3 Å². The molecule has 1 aliphatic heterocycles. The molecule has 0 aromatic heterocycles. The lowest BCUT2D eigenvalue weighted by atomic mass is 9.93. The number of benzene rings is 1. The van der Waals surface area contributed by atoms with Crippen molar-refractivity contribution in [1.82, 2.24) is 5.32 Å². The van der Waals surface area contributed by atoms with Gasteiger partial charge in [-0.05, 0) is 30.5 Å². The predicted octanol–water partition coefficient (Wildman–Crippen LogP) is 1.47. The van der Waals surface area contributed by atoms with Gasteiger partial charge in [-0.3, -0.25) is 0 Å². The third-order valence-electron chi connectivity index (χ3n) is 4.00. The second-order valence-corrected chi connectivity index (χ2v) is 4.85.